The van der Waals surface area contributed by atoms with E-state index >= 15 is 0 Å². The molecule has 0 aromatic carbocycles. The minimum Gasteiger partial charge on any atom is -0.481 e. The maximum Gasteiger partial charge on any atom is 0.303 e. The van der Waals surface area contributed by atoms with Crippen molar-refractivity contribution in [3.05, 3.63) is 0 Å². The quantitative estimate of drug-likeness (QED) is 0.687. The average molecular weight is 188 g/mol. The summed E-state index contributed by atoms with van der Waals surface area (Å²) in [6.45, 7) is 5.31. The molecule has 76 valence electrons. The van der Waals surface area contributed by atoms with Gasteiger partial charge in [-0.1, -0.05) is 20.8 Å². The lowest BCUT2D eigenvalue weighted by Crippen LogP contribution is -2.26. The summed E-state index contributed by atoms with van der Waals surface area (Å²) in [6, 6.07) is 0. The van der Waals surface area contributed by atoms with E-state index in [1.165, 1.54) is 0 Å². The average Bonchev–Trinajstić information content (AvgIpc) is 1.81. The first-order valence-electron chi connectivity index (χ1n) is 4.19. The molecule has 0 aliphatic rings. The van der Waals surface area contributed by atoms with Crippen LogP contribution in [-0.4, -0.2) is 22.2 Å². The van der Waals surface area contributed by atoms with Crippen LogP contribution in [0.15, 0.2) is 0 Å². The van der Waals surface area contributed by atoms with Gasteiger partial charge in [-0.05, 0) is 11.3 Å². The summed E-state index contributed by atoms with van der Waals surface area (Å²) >= 11 is 0. The lowest BCUT2D eigenvalue weighted by atomic mass is 9.76. The van der Waals surface area contributed by atoms with E-state index < -0.39 is 17.4 Å². The third-order valence-corrected chi connectivity index (χ3v) is 2.42. The molecule has 0 radical (unpaired) electrons. The normalized spacial score (nSPS) is 13.8. The van der Waals surface area contributed by atoms with Gasteiger partial charge in [0.25, 0.3) is 0 Å². The van der Waals surface area contributed by atoms with Crippen LogP contribution in [0.1, 0.15) is 33.6 Å². The third-order valence-electron chi connectivity index (χ3n) is 2.42. The molecular weight excluding hydrogens is 172 g/mol. The summed E-state index contributed by atoms with van der Waals surface area (Å²) in [5.41, 5.74) is -0.468. The van der Waals surface area contributed by atoms with E-state index in [4.69, 9.17) is 10.2 Å². The molecule has 0 amide bonds. The Morgan fingerprint density at radius 1 is 1.23 bits per heavy atom. The van der Waals surface area contributed by atoms with Gasteiger partial charge in [-0.3, -0.25) is 9.59 Å². The van der Waals surface area contributed by atoms with Crippen molar-refractivity contribution < 1.29 is 19.8 Å². The predicted molar refractivity (Wildman–Crippen MR) is 47.5 cm³/mol. The molecule has 2 N–H and O–H groups in total. The van der Waals surface area contributed by atoms with Crippen LogP contribution in [0.3, 0.4) is 0 Å². The van der Waals surface area contributed by atoms with Gasteiger partial charge in [0.1, 0.15) is 0 Å². The topological polar surface area (TPSA) is 74.6 Å². The second-order valence-electron chi connectivity index (χ2n) is 4.06. The number of rotatable bonds is 5. The fourth-order valence-electron chi connectivity index (χ4n) is 1.10. The van der Waals surface area contributed by atoms with E-state index in [0.717, 1.165) is 0 Å². The summed E-state index contributed by atoms with van der Waals surface area (Å²) in [7, 11) is 0. The van der Waals surface area contributed by atoms with Crippen molar-refractivity contribution in [2.45, 2.75) is 33.6 Å². The first-order valence-corrected chi connectivity index (χ1v) is 4.19. The molecule has 0 aliphatic heterocycles. The van der Waals surface area contributed by atoms with Crippen LogP contribution in [-0.2, 0) is 9.59 Å². The minimum atomic E-state index is -0.887. The maximum atomic E-state index is 10.5. The number of carboxylic acids is 2. The highest BCUT2D eigenvalue weighted by Crippen LogP contribution is 2.32. The Bertz CT molecular complexity index is 208. The third kappa shape index (κ3) is 4.50. The molecule has 0 aliphatic carbocycles. The molecule has 0 aromatic heterocycles. The minimum absolute atomic E-state index is 0.00144. The summed E-state index contributed by atoms with van der Waals surface area (Å²) < 4.78 is 0. The van der Waals surface area contributed by atoms with Crippen molar-refractivity contribution >= 4 is 11.9 Å². The molecule has 13 heavy (non-hydrogen) atoms. The van der Waals surface area contributed by atoms with Crippen molar-refractivity contribution in [2.75, 3.05) is 0 Å². The van der Waals surface area contributed by atoms with E-state index in [1.54, 1.807) is 20.8 Å². The summed E-state index contributed by atoms with van der Waals surface area (Å²) in [5, 5.41) is 17.1. The van der Waals surface area contributed by atoms with Gasteiger partial charge in [0.15, 0.2) is 0 Å². The van der Waals surface area contributed by atoms with Crippen LogP contribution < -0.4 is 0 Å². The van der Waals surface area contributed by atoms with E-state index in [-0.39, 0.29) is 18.8 Å². The Morgan fingerprint density at radius 2 is 1.69 bits per heavy atom. The summed E-state index contributed by atoms with van der Waals surface area (Å²) in [6.07, 6.45) is 0.0156. The van der Waals surface area contributed by atoms with Gasteiger partial charge in [-0.25, -0.2) is 0 Å². The van der Waals surface area contributed by atoms with E-state index in [2.05, 4.69) is 0 Å². The van der Waals surface area contributed by atoms with Crippen molar-refractivity contribution in [3.8, 4) is 0 Å². The highest BCUT2D eigenvalue weighted by atomic mass is 16.4. The van der Waals surface area contributed by atoms with Crippen LogP contribution in [0.2, 0.25) is 0 Å². The number of hydrogen-bond acceptors (Lipinski definition) is 2. The Balaban J connectivity index is 4.25. The van der Waals surface area contributed by atoms with E-state index in [0.29, 0.717) is 0 Å². The second-order valence-corrected chi connectivity index (χ2v) is 4.06. The molecule has 0 aromatic rings. The Labute approximate surface area is 77.6 Å². The number of carbonyl (C=O) groups is 2. The molecule has 0 rings (SSSR count). The van der Waals surface area contributed by atoms with Gasteiger partial charge in [-0.15, -0.1) is 0 Å². The van der Waals surface area contributed by atoms with Crippen LogP contribution in [0, 0.1) is 11.3 Å². The molecule has 4 heteroatoms. The molecule has 4 nitrogen and oxygen atoms in total. The van der Waals surface area contributed by atoms with Gasteiger partial charge in [0, 0.05) is 6.42 Å². The van der Waals surface area contributed by atoms with Gasteiger partial charge in [-0.2, -0.15) is 0 Å². The maximum absolute atomic E-state index is 10.5. The first kappa shape index (κ1) is 11.9. The fraction of sp³-hybridized carbons (Fsp3) is 0.778. The van der Waals surface area contributed by atoms with E-state index in [9.17, 15) is 9.59 Å². The molecule has 0 heterocycles. The van der Waals surface area contributed by atoms with Gasteiger partial charge in [0.2, 0.25) is 0 Å². The predicted octanol–water partition coefficient (Wildman–Crippen LogP) is 1.60. The monoisotopic (exact) mass is 188 g/mol. The molecule has 1 unspecified atom stereocenters. The van der Waals surface area contributed by atoms with Gasteiger partial charge in [0.05, 0.1) is 6.42 Å². The van der Waals surface area contributed by atoms with Gasteiger partial charge < -0.3 is 10.2 Å². The molecular formula is C9H16O4. The van der Waals surface area contributed by atoms with Crippen LogP contribution in [0.5, 0.6) is 0 Å². The zero-order valence-corrected chi connectivity index (χ0v) is 8.20. The second kappa shape index (κ2) is 4.25. The fourth-order valence-corrected chi connectivity index (χ4v) is 1.10. The molecule has 0 spiro atoms. The zero-order valence-electron chi connectivity index (χ0n) is 8.20. The molecule has 0 saturated carbocycles. The highest BCUT2D eigenvalue weighted by Gasteiger charge is 2.29. The van der Waals surface area contributed by atoms with Crippen molar-refractivity contribution in [1.82, 2.24) is 0 Å². The Morgan fingerprint density at radius 3 is 2.00 bits per heavy atom. The van der Waals surface area contributed by atoms with Crippen molar-refractivity contribution in [3.63, 3.8) is 0 Å². The summed E-state index contributed by atoms with van der Waals surface area (Å²) in [5.74, 6) is -1.91. The molecule has 0 bridgehead atoms. The van der Waals surface area contributed by atoms with E-state index in [1.807, 2.05) is 0 Å². The number of aliphatic carboxylic acids is 2. The zero-order chi connectivity index (χ0) is 10.6. The van der Waals surface area contributed by atoms with Crippen molar-refractivity contribution in [2.24, 2.45) is 11.3 Å². The lowest BCUT2D eigenvalue weighted by Gasteiger charge is -2.28. The lowest BCUT2D eigenvalue weighted by molar-refractivity contribution is -0.143. The van der Waals surface area contributed by atoms with Crippen LogP contribution >= 0.6 is 0 Å². The molecule has 1 atom stereocenters. The highest BCUT2D eigenvalue weighted by molar-refractivity contribution is 5.69. The molecule has 0 fully saturated rings. The molecule has 0 saturated heterocycles. The van der Waals surface area contributed by atoms with Crippen LogP contribution in [0.4, 0.5) is 0 Å². The first-order chi connectivity index (χ1) is 5.75. The van der Waals surface area contributed by atoms with Gasteiger partial charge >= 0.3 is 11.9 Å². The van der Waals surface area contributed by atoms with Crippen LogP contribution in [0.25, 0.3) is 0 Å². The standard InChI is InChI=1S/C9H16O4/c1-6(4-7(10)11)9(2,3)5-8(12)13/h6H,4-5H2,1-3H3,(H,10,11)(H,12,13). The van der Waals surface area contributed by atoms with Crippen molar-refractivity contribution in [1.29, 1.82) is 0 Å². The Kier molecular flexibility index (Phi) is 3.91. The smallest absolute Gasteiger partial charge is 0.303 e. The number of hydrogen-bond donors (Lipinski definition) is 2. The Hall–Kier alpha value is -1.06. The summed E-state index contributed by atoms with van der Waals surface area (Å²) in [4.78, 5) is 20.9. The number of carboxylic acid groups (broad SMARTS) is 2. The largest absolute Gasteiger partial charge is 0.481 e. The SMILES string of the molecule is CC(CC(=O)O)C(C)(C)CC(=O)O.